The first-order valence-electron chi connectivity index (χ1n) is 8.16. The van der Waals surface area contributed by atoms with Gasteiger partial charge in [-0.1, -0.05) is 30.3 Å². The Hall–Kier alpha value is -2.65. The molecule has 0 aliphatic rings. The number of aliphatic carboxylic acids is 1. The number of guanidine groups is 1. The summed E-state index contributed by atoms with van der Waals surface area (Å²) in [4.78, 5) is 27.9. The van der Waals surface area contributed by atoms with Crippen LogP contribution in [0.1, 0.15) is 12.8 Å². The van der Waals surface area contributed by atoms with E-state index in [9.17, 15) is 14.7 Å². The number of nitrogens with zero attached hydrogens (tertiary/aromatic N) is 1. The number of aliphatic imine (C=N–C) groups is 1. The summed E-state index contributed by atoms with van der Waals surface area (Å²) in [7, 11) is 0. The summed E-state index contributed by atoms with van der Waals surface area (Å²) in [6.45, 7) is -0.296. The van der Waals surface area contributed by atoms with Gasteiger partial charge in [0.15, 0.2) is 11.5 Å². The molecule has 0 bridgehead atoms. The fourth-order valence-corrected chi connectivity index (χ4v) is 3.02. The first kappa shape index (κ1) is 20.7. The standard InChI is InChI=1S/C18H21BrN4O4/c19-13-7-6-11-4-1-2-5-12(11)15(13)27-10-14(24)18(22,16(25)26)8-3-9-23-17(20)21/h1-2,4-7H,3,8-10,22H2,(H,25,26)(H4,20,21,23)/t18-/m1/s1. The smallest absolute Gasteiger partial charge is 0.331 e. The van der Waals surface area contributed by atoms with Crippen molar-refractivity contribution in [2.24, 2.45) is 22.2 Å². The average Bonchev–Trinajstić information content (AvgIpc) is 2.63. The van der Waals surface area contributed by atoms with Gasteiger partial charge in [0.05, 0.1) is 4.47 Å². The maximum absolute atomic E-state index is 12.5. The van der Waals surface area contributed by atoms with Crippen LogP contribution in [0.5, 0.6) is 5.75 Å². The van der Waals surface area contributed by atoms with Crippen LogP contribution in [0.25, 0.3) is 10.8 Å². The molecule has 0 amide bonds. The SMILES string of the molecule is NC(N)=NCCC[C@](N)(C(=O)O)C(=O)COc1c(Br)ccc2ccccc12. The van der Waals surface area contributed by atoms with E-state index in [0.717, 1.165) is 10.8 Å². The summed E-state index contributed by atoms with van der Waals surface area (Å²) >= 11 is 3.39. The zero-order valence-corrected chi connectivity index (χ0v) is 16.1. The Morgan fingerprint density at radius 1 is 1.19 bits per heavy atom. The summed E-state index contributed by atoms with van der Waals surface area (Å²) in [5.74, 6) is -1.81. The Labute approximate surface area is 164 Å². The van der Waals surface area contributed by atoms with Crippen molar-refractivity contribution in [1.82, 2.24) is 0 Å². The van der Waals surface area contributed by atoms with E-state index < -0.39 is 23.9 Å². The Morgan fingerprint density at radius 3 is 2.56 bits per heavy atom. The molecule has 0 fully saturated rings. The molecule has 1 atom stereocenters. The number of benzene rings is 2. The molecular formula is C18H21BrN4O4. The molecule has 0 aliphatic heterocycles. The third-order valence-corrected chi connectivity index (χ3v) is 4.71. The molecule has 0 heterocycles. The molecule has 7 N–H and O–H groups in total. The summed E-state index contributed by atoms with van der Waals surface area (Å²) in [5, 5.41) is 11.2. The van der Waals surface area contributed by atoms with E-state index in [1.165, 1.54) is 0 Å². The molecule has 0 aliphatic carbocycles. The number of fused-ring (bicyclic) bond motifs is 1. The van der Waals surface area contributed by atoms with Crippen molar-refractivity contribution in [3.8, 4) is 5.75 Å². The van der Waals surface area contributed by atoms with Crippen LogP contribution < -0.4 is 21.9 Å². The van der Waals surface area contributed by atoms with Crippen molar-refractivity contribution < 1.29 is 19.4 Å². The van der Waals surface area contributed by atoms with Crippen molar-refractivity contribution in [3.63, 3.8) is 0 Å². The van der Waals surface area contributed by atoms with E-state index in [4.69, 9.17) is 21.9 Å². The fourth-order valence-electron chi connectivity index (χ4n) is 2.56. The molecule has 0 radical (unpaired) electrons. The topological polar surface area (TPSA) is 154 Å². The van der Waals surface area contributed by atoms with Crippen LogP contribution in [-0.2, 0) is 9.59 Å². The Kier molecular flexibility index (Phi) is 6.75. The number of hydrogen-bond acceptors (Lipinski definition) is 5. The van der Waals surface area contributed by atoms with E-state index in [-0.39, 0.29) is 25.3 Å². The minimum absolute atomic E-state index is 0.108. The second kappa shape index (κ2) is 8.83. The lowest BCUT2D eigenvalue weighted by molar-refractivity contribution is -0.149. The third-order valence-electron chi connectivity index (χ3n) is 4.08. The number of carboxylic acids is 1. The predicted octanol–water partition coefficient (Wildman–Crippen LogP) is 1.39. The molecule has 144 valence electrons. The van der Waals surface area contributed by atoms with Gasteiger partial charge in [0.25, 0.3) is 0 Å². The fraction of sp³-hybridized carbons (Fsp3) is 0.278. The first-order chi connectivity index (χ1) is 12.8. The number of hydrogen-bond donors (Lipinski definition) is 4. The normalized spacial score (nSPS) is 13.0. The number of Topliss-reactive ketones (excluding diaryl/α,β-unsaturated/α-hetero) is 1. The van der Waals surface area contributed by atoms with Gasteiger partial charge in [-0.25, -0.2) is 4.79 Å². The van der Waals surface area contributed by atoms with Gasteiger partial charge < -0.3 is 27.0 Å². The summed E-state index contributed by atoms with van der Waals surface area (Å²) in [5.41, 5.74) is 14.2. The van der Waals surface area contributed by atoms with Gasteiger partial charge in [0.2, 0.25) is 5.78 Å². The van der Waals surface area contributed by atoms with Gasteiger partial charge >= 0.3 is 5.97 Å². The number of carbonyl (C=O) groups is 2. The van der Waals surface area contributed by atoms with Crippen molar-refractivity contribution >= 4 is 44.4 Å². The third kappa shape index (κ3) is 4.95. The van der Waals surface area contributed by atoms with Crippen LogP contribution in [0.4, 0.5) is 0 Å². The van der Waals surface area contributed by atoms with E-state index in [0.29, 0.717) is 10.2 Å². The number of ketones is 1. The van der Waals surface area contributed by atoms with E-state index in [1.54, 1.807) is 6.07 Å². The van der Waals surface area contributed by atoms with Crippen molar-refractivity contribution in [2.75, 3.05) is 13.2 Å². The highest BCUT2D eigenvalue weighted by Crippen LogP contribution is 2.33. The molecule has 8 nitrogen and oxygen atoms in total. The molecule has 27 heavy (non-hydrogen) atoms. The molecule has 0 unspecified atom stereocenters. The number of carbonyl (C=O) groups excluding carboxylic acids is 1. The van der Waals surface area contributed by atoms with E-state index in [1.807, 2.05) is 30.3 Å². The number of ether oxygens (including phenoxy) is 1. The summed E-state index contributed by atoms with van der Waals surface area (Å²) < 4.78 is 6.30. The number of carboxylic acid groups (broad SMARTS) is 1. The zero-order chi connectivity index (χ0) is 20.0. The molecule has 0 saturated carbocycles. The van der Waals surface area contributed by atoms with Gasteiger partial charge in [-0.3, -0.25) is 9.79 Å². The minimum atomic E-state index is -2.07. The van der Waals surface area contributed by atoms with Gasteiger partial charge in [0, 0.05) is 11.9 Å². The van der Waals surface area contributed by atoms with Crippen molar-refractivity contribution in [1.29, 1.82) is 0 Å². The van der Waals surface area contributed by atoms with Crippen LogP contribution in [0, 0.1) is 0 Å². The number of nitrogens with two attached hydrogens (primary N) is 3. The quantitative estimate of drug-likeness (QED) is 0.200. The second-order valence-electron chi connectivity index (χ2n) is 6.00. The summed E-state index contributed by atoms with van der Waals surface area (Å²) in [6.07, 6.45) is 0.127. The zero-order valence-electron chi connectivity index (χ0n) is 14.5. The van der Waals surface area contributed by atoms with Gasteiger partial charge in [-0.15, -0.1) is 0 Å². The van der Waals surface area contributed by atoms with Gasteiger partial charge in [0.1, 0.15) is 12.4 Å². The maximum atomic E-state index is 12.5. The number of halogens is 1. The molecule has 0 aromatic heterocycles. The van der Waals surface area contributed by atoms with Crippen molar-refractivity contribution in [2.45, 2.75) is 18.4 Å². The Balaban J connectivity index is 2.13. The maximum Gasteiger partial charge on any atom is 0.331 e. The Bertz CT molecular complexity index is 883. The van der Waals surface area contributed by atoms with Gasteiger partial charge in [-0.2, -0.15) is 0 Å². The van der Waals surface area contributed by atoms with Crippen LogP contribution >= 0.6 is 15.9 Å². The van der Waals surface area contributed by atoms with Crippen molar-refractivity contribution in [3.05, 3.63) is 40.9 Å². The van der Waals surface area contributed by atoms with Crippen LogP contribution in [0.15, 0.2) is 45.9 Å². The number of rotatable bonds is 9. The first-order valence-corrected chi connectivity index (χ1v) is 8.96. The molecule has 2 aromatic rings. The van der Waals surface area contributed by atoms with E-state index >= 15 is 0 Å². The lowest BCUT2D eigenvalue weighted by Crippen LogP contribution is -2.56. The highest BCUT2D eigenvalue weighted by Gasteiger charge is 2.41. The summed E-state index contributed by atoms with van der Waals surface area (Å²) in [6, 6.07) is 11.2. The highest BCUT2D eigenvalue weighted by molar-refractivity contribution is 9.10. The lowest BCUT2D eigenvalue weighted by atomic mass is 9.90. The van der Waals surface area contributed by atoms with Crippen LogP contribution in [0.2, 0.25) is 0 Å². The van der Waals surface area contributed by atoms with Gasteiger partial charge in [-0.05, 0) is 40.2 Å². The average molecular weight is 437 g/mol. The molecule has 2 rings (SSSR count). The minimum Gasteiger partial charge on any atom is -0.484 e. The predicted molar refractivity (Wildman–Crippen MR) is 107 cm³/mol. The van der Waals surface area contributed by atoms with E-state index in [2.05, 4.69) is 20.9 Å². The molecule has 0 saturated heterocycles. The molecule has 9 heteroatoms. The lowest BCUT2D eigenvalue weighted by Gasteiger charge is -2.23. The Morgan fingerprint density at radius 2 is 1.89 bits per heavy atom. The monoisotopic (exact) mass is 436 g/mol. The van der Waals surface area contributed by atoms with Crippen LogP contribution in [0.3, 0.4) is 0 Å². The molecule has 0 spiro atoms. The molecule has 2 aromatic carbocycles. The molecular weight excluding hydrogens is 416 g/mol. The largest absolute Gasteiger partial charge is 0.484 e. The second-order valence-corrected chi connectivity index (χ2v) is 6.85. The highest BCUT2D eigenvalue weighted by atomic mass is 79.9. The van der Waals surface area contributed by atoms with Crippen LogP contribution in [-0.4, -0.2) is 41.5 Å².